The Bertz CT molecular complexity index is 533. The van der Waals surface area contributed by atoms with Crippen LogP contribution in [0.25, 0.3) is 10.1 Å². The number of hydrogen-bond donors (Lipinski definition) is 0. The van der Waals surface area contributed by atoms with E-state index in [0.717, 1.165) is 15.8 Å². The van der Waals surface area contributed by atoms with Gasteiger partial charge in [-0.25, -0.2) is 4.79 Å². The largest absolute Gasteiger partial charge is 0.497 e. The Kier molecular flexibility index (Phi) is 2.21. The summed E-state index contributed by atoms with van der Waals surface area (Å²) in [6.45, 7) is 0. The van der Waals surface area contributed by atoms with Crippen molar-refractivity contribution in [3.8, 4) is 5.75 Å². The summed E-state index contributed by atoms with van der Waals surface area (Å²) in [5.41, 5.74) is 0. The molecule has 2 rings (SSSR count). The van der Waals surface area contributed by atoms with Gasteiger partial charge in [0.15, 0.2) is 6.20 Å². The number of hydrogen-bond acceptors (Lipinski definition) is 3. The van der Waals surface area contributed by atoms with E-state index < -0.39 is 0 Å². The fourth-order valence-corrected chi connectivity index (χ4v) is 2.03. The van der Waals surface area contributed by atoms with Crippen molar-refractivity contribution < 1.29 is 9.30 Å². The molecule has 0 N–H and O–H groups in total. The highest BCUT2D eigenvalue weighted by molar-refractivity contribution is 7.15. The van der Waals surface area contributed by atoms with Crippen molar-refractivity contribution in [2.45, 2.75) is 0 Å². The molecule has 0 radical (unpaired) electrons. The van der Waals surface area contributed by atoms with Crippen LogP contribution in [0.3, 0.4) is 0 Å². The minimum absolute atomic E-state index is 0.0441. The second kappa shape index (κ2) is 3.38. The minimum Gasteiger partial charge on any atom is -0.497 e. The maximum atomic E-state index is 11.3. The van der Waals surface area contributed by atoms with Crippen molar-refractivity contribution >= 4 is 21.4 Å². The van der Waals surface area contributed by atoms with Crippen LogP contribution in [0.1, 0.15) is 0 Å². The van der Waals surface area contributed by atoms with Crippen LogP contribution >= 0.6 is 11.3 Å². The quantitative estimate of drug-likeness (QED) is 0.657. The van der Waals surface area contributed by atoms with Crippen LogP contribution in [0.2, 0.25) is 0 Å². The molecule has 0 atom stereocenters. The number of fused-ring (bicyclic) bond motifs is 1. The Labute approximate surface area is 85.2 Å². The normalized spacial score (nSPS) is 10.4. The molecule has 0 amide bonds. The number of nitrogens with zero attached hydrogens (tertiary/aromatic N) is 1. The lowest BCUT2D eigenvalue weighted by molar-refractivity contribution is -0.680. The number of rotatable bonds is 1. The molecule has 3 nitrogen and oxygen atoms in total. The fraction of sp³-hybridized carbons (Fsp3) is 0.200. The van der Waals surface area contributed by atoms with Crippen LogP contribution in [0.5, 0.6) is 5.75 Å². The molecule has 0 spiro atoms. The smallest absolute Gasteiger partial charge is 0.472 e. The third-order valence-electron chi connectivity index (χ3n) is 2.03. The highest BCUT2D eigenvalue weighted by atomic mass is 32.1. The van der Waals surface area contributed by atoms with E-state index in [4.69, 9.17) is 4.74 Å². The van der Waals surface area contributed by atoms with Gasteiger partial charge >= 0.3 is 4.87 Å². The highest BCUT2D eigenvalue weighted by Crippen LogP contribution is 2.20. The predicted molar refractivity (Wildman–Crippen MR) is 55.8 cm³/mol. The number of aryl methyl sites for hydroxylation is 1. The molecule has 0 aliphatic carbocycles. The van der Waals surface area contributed by atoms with Gasteiger partial charge in [0.05, 0.1) is 17.2 Å². The summed E-state index contributed by atoms with van der Waals surface area (Å²) in [6.07, 6.45) is 1.82. The van der Waals surface area contributed by atoms with Gasteiger partial charge in [-0.1, -0.05) is 0 Å². The third-order valence-corrected chi connectivity index (χ3v) is 3.09. The lowest BCUT2D eigenvalue weighted by atomic mass is 10.2. The standard InChI is InChI=1S/C10H10NO2S/c1-11-6-7-5-8(13-2)3-4-9(7)14-10(11)12/h3-6H,1-2H3/q+1. The van der Waals surface area contributed by atoms with E-state index >= 15 is 0 Å². The van der Waals surface area contributed by atoms with Crippen molar-refractivity contribution in [2.75, 3.05) is 7.11 Å². The second-order valence-corrected chi connectivity index (χ2v) is 4.00. The Hall–Kier alpha value is -1.42. The Balaban J connectivity index is 2.77. The first-order valence-corrected chi connectivity index (χ1v) is 5.00. The van der Waals surface area contributed by atoms with Gasteiger partial charge in [0.2, 0.25) is 0 Å². The van der Waals surface area contributed by atoms with Crippen molar-refractivity contribution in [3.63, 3.8) is 0 Å². The van der Waals surface area contributed by atoms with Crippen LogP contribution in [0.15, 0.2) is 29.2 Å². The van der Waals surface area contributed by atoms with E-state index in [-0.39, 0.29) is 4.87 Å². The number of ether oxygens (including phenoxy) is 1. The van der Waals surface area contributed by atoms with Gasteiger partial charge in [-0.3, -0.25) is 0 Å². The Morgan fingerprint density at radius 2 is 2.21 bits per heavy atom. The molecular formula is C10H10NO2S+. The van der Waals surface area contributed by atoms with Gasteiger partial charge in [-0.2, -0.15) is 4.57 Å². The van der Waals surface area contributed by atoms with E-state index in [2.05, 4.69) is 0 Å². The Morgan fingerprint density at radius 3 is 2.93 bits per heavy atom. The van der Waals surface area contributed by atoms with Gasteiger partial charge in [0.1, 0.15) is 12.8 Å². The number of benzene rings is 1. The average molecular weight is 208 g/mol. The van der Waals surface area contributed by atoms with Crippen molar-refractivity contribution in [3.05, 3.63) is 34.1 Å². The van der Waals surface area contributed by atoms with E-state index in [1.165, 1.54) is 11.3 Å². The predicted octanol–water partition coefficient (Wildman–Crippen LogP) is 1.09. The monoisotopic (exact) mass is 208 g/mol. The van der Waals surface area contributed by atoms with Crippen molar-refractivity contribution in [2.24, 2.45) is 7.05 Å². The van der Waals surface area contributed by atoms with Crippen molar-refractivity contribution in [1.29, 1.82) is 0 Å². The second-order valence-electron chi connectivity index (χ2n) is 3.01. The molecule has 0 saturated heterocycles. The lowest BCUT2D eigenvalue weighted by Gasteiger charge is -1.99. The highest BCUT2D eigenvalue weighted by Gasteiger charge is 2.06. The van der Waals surface area contributed by atoms with E-state index in [9.17, 15) is 4.79 Å². The number of methoxy groups -OCH3 is 1. The average Bonchev–Trinajstić information content (AvgIpc) is 2.19. The number of aromatic nitrogens is 1. The maximum absolute atomic E-state index is 11.3. The molecule has 2 aromatic rings. The molecule has 1 heterocycles. The lowest BCUT2D eigenvalue weighted by Crippen LogP contribution is -2.43. The van der Waals surface area contributed by atoms with Gasteiger partial charge in [-0.05, 0) is 29.5 Å². The molecule has 0 fully saturated rings. The zero-order valence-corrected chi connectivity index (χ0v) is 8.80. The molecule has 4 heteroatoms. The van der Waals surface area contributed by atoms with Gasteiger partial charge in [0.25, 0.3) is 0 Å². The molecule has 0 aliphatic heterocycles. The summed E-state index contributed by atoms with van der Waals surface area (Å²) < 4.78 is 7.67. The fourth-order valence-electron chi connectivity index (χ4n) is 1.27. The van der Waals surface area contributed by atoms with Crippen LogP contribution in [0.4, 0.5) is 0 Å². The Morgan fingerprint density at radius 1 is 1.43 bits per heavy atom. The molecule has 0 saturated carbocycles. The molecule has 1 aromatic heterocycles. The zero-order chi connectivity index (χ0) is 10.1. The molecule has 0 unspecified atom stereocenters. The van der Waals surface area contributed by atoms with E-state index in [1.54, 1.807) is 18.7 Å². The first-order chi connectivity index (χ1) is 6.70. The molecule has 0 bridgehead atoms. The topological polar surface area (TPSA) is 30.2 Å². The summed E-state index contributed by atoms with van der Waals surface area (Å²) in [7, 11) is 3.38. The maximum Gasteiger partial charge on any atom is 0.472 e. The van der Waals surface area contributed by atoms with Gasteiger partial charge in [-0.15, -0.1) is 0 Å². The molecule has 14 heavy (non-hydrogen) atoms. The van der Waals surface area contributed by atoms with E-state index in [0.29, 0.717) is 0 Å². The molecule has 72 valence electrons. The van der Waals surface area contributed by atoms with Crippen molar-refractivity contribution in [1.82, 2.24) is 0 Å². The first kappa shape index (κ1) is 9.15. The summed E-state index contributed by atoms with van der Waals surface area (Å²) in [5, 5.41) is 1.02. The minimum atomic E-state index is 0.0441. The van der Waals surface area contributed by atoms with Crippen LogP contribution in [0, 0.1) is 0 Å². The zero-order valence-electron chi connectivity index (χ0n) is 7.98. The van der Waals surface area contributed by atoms with Crippen LogP contribution < -0.4 is 14.2 Å². The molecular weight excluding hydrogens is 198 g/mol. The van der Waals surface area contributed by atoms with Gasteiger partial charge < -0.3 is 4.74 Å². The third kappa shape index (κ3) is 1.48. The van der Waals surface area contributed by atoms with E-state index in [1.807, 2.05) is 24.4 Å². The summed E-state index contributed by atoms with van der Waals surface area (Å²) in [4.78, 5) is 11.4. The SMILES string of the molecule is COc1ccc2sc(=O)[n+](C)cc2c1. The molecule has 0 aliphatic rings. The summed E-state index contributed by atoms with van der Waals surface area (Å²) in [5.74, 6) is 0.809. The van der Waals surface area contributed by atoms with Crippen LogP contribution in [-0.4, -0.2) is 7.11 Å². The summed E-state index contributed by atoms with van der Waals surface area (Å²) in [6, 6.07) is 5.68. The van der Waals surface area contributed by atoms with Crippen LogP contribution in [-0.2, 0) is 7.05 Å². The van der Waals surface area contributed by atoms with Gasteiger partial charge in [0, 0.05) is 0 Å². The first-order valence-electron chi connectivity index (χ1n) is 4.18. The summed E-state index contributed by atoms with van der Waals surface area (Å²) >= 11 is 1.24. The molecule has 1 aromatic carbocycles.